The van der Waals surface area contributed by atoms with E-state index in [0.717, 1.165) is 51.6 Å². The zero-order valence-corrected chi connectivity index (χ0v) is 31.8. The number of carbonyl (C=O) groups excluding carboxylic acids is 1. The molecule has 2 saturated carbocycles. The number of anilines is 1. The number of alkyl halides is 2. The molecule has 16 heteroatoms. The molecule has 11 nitrogen and oxygen atoms in total. The lowest BCUT2D eigenvalue weighted by Gasteiger charge is -2.30. The summed E-state index contributed by atoms with van der Waals surface area (Å²) in [5.41, 5.74) is 1.41. The number of halogens is 4. The summed E-state index contributed by atoms with van der Waals surface area (Å²) in [5.74, 6) is 0.177. The van der Waals surface area contributed by atoms with Crippen LogP contribution in [0.1, 0.15) is 72.5 Å². The minimum absolute atomic E-state index is 0. The highest BCUT2D eigenvalue weighted by Crippen LogP contribution is 2.39. The maximum atomic E-state index is 14.0. The standard InChI is InChI=1S/C37H43Cl2F2N3O7S.H2O/c1-52(46,47)44(16-15-43-13-3-2-4-14-43)31-11-9-27(18-34(31)48-22-24-5-6-24)36(45)50-33(19-28-29(38)20-42-21-30(28)39)26-10-12-32(51-37(40)41)35(17-26)49-23-25-7-8-25;/h9-12,17-18,20-21,24-25,33,37H,2-8,13-16,19,22-23H2,1H3;1H2/t33-;/m0./s1. The highest BCUT2D eigenvalue weighted by molar-refractivity contribution is 7.92. The molecule has 0 spiro atoms. The van der Waals surface area contributed by atoms with Gasteiger partial charge in [0.1, 0.15) is 21.9 Å². The predicted molar refractivity (Wildman–Crippen MR) is 195 cm³/mol. The van der Waals surface area contributed by atoms with Gasteiger partial charge in [0.25, 0.3) is 0 Å². The molecule has 6 rings (SSSR count). The van der Waals surface area contributed by atoms with Crippen LogP contribution < -0.4 is 23.5 Å². The normalized spacial score (nSPS) is 16.8. The molecule has 0 bridgehead atoms. The van der Waals surface area contributed by atoms with Gasteiger partial charge in [-0.3, -0.25) is 4.31 Å². The third-order valence-corrected chi connectivity index (χ3v) is 11.3. The van der Waals surface area contributed by atoms with E-state index in [1.807, 2.05) is 0 Å². The highest BCUT2D eigenvalue weighted by Gasteiger charge is 2.29. The molecule has 3 fully saturated rings. The third-order valence-electron chi connectivity index (χ3n) is 9.47. The van der Waals surface area contributed by atoms with Crippen molar-refractivity contribution in [3.8, 4) is 17.2 Å². The Morgan fingerprint density at radius 1 is 0.925 bits per heavy atom. The van der Waals surface area contributed by atoms with Crippen LogP contribution in [0.3, 0.4) is 0 Å². The van der Waals surface area contributed by atoms with Crippen LogP contribution >= 0.6 is 23.2 Å². The van der Waals surface area contributed by atoms with Gasteiger partial charge in [-0.25, -0.2) is 18.2 Å². The van der Waals surface area contributed by atoms with Crippen molar-refractivity contribution < 1.29 is 51.4 Å². The Hall–Kier alpha value is -3.43. The van der Waals surface area contributed by atoms with Gasteiger partial charge in [-0.1, -0.05) is 35.7 Å². The summed E-state index contributed by atoms with van der Waals surface area (Å²) in [6.45, 7) is 0.288. The predicted octanol–water partition coefficient (Wildman–Crippen LogP) is 7.20. The molecule has 0 unspecified atom stereocenters. The fraction of sp³-hybridized carbons (Fsp3) is 0.514. The van der Waals surface area contributed by atoms with E-state index in [1.165, 1.54) is 47.3 Å². The van der Waals surface area contributed by atoms with E-state index in [4.69, 9.17) is 42.1 Å². The second-order valence-electron chi connectivity index (χ2n) is 13.7. The maximum absolute atomic E-state index is 14.0. The van der Waals surface area contributed by atoms with Gasteiger partial charge < -0.3 is 29.3 Å². The number of nitrogens with one attached hydrogen (secondary N) is 1. The molecule has 2 aromatic carbocycles. The molecular weight excluding hydrogens is 755 g/mol. The number of hydrogen-bond acceptors (Lipinski definition) is 9. The number of nitrogens with zero attached hydrogens (tertiary/aromatic N) is 2. The summed E-state index contributed by atoms with van der Waals surface area (Å²) < 4.78 is 77.1. The van der Waals surface area contributed by atoms with Crippen molar-refractivity contribution >= 4 is 44.9 Å². The number of likely N-dealkylation sites (tertiary alicyclic amines) is 1. The topological polar surface area (TPSA) is 139 Å². The molecule has 1 saturated heterocycles. The SMILES string of the molecule is CS(=O)(=O)N(CCN1CCCCC1)c1ccc(C(=O)O[C@@H](Cc2c(Cl)c[nH+]cc2Cl)c2ccc(OC(F)F)c(OCC3CC3)c2)cc1OCC1CC1.[OH-]. The zero-order valence-electron chi connectivity index (χ0n) is 29.4. The van der Waals surface area contributed by atoms with E-state index in [0.29, 0.717) is 58.5 Å². The second kappa shape index (κ2) is 18.3. The van der Waals surface area contributed by atoms with Crippen LogP contribution in [0, 0.1) is 11.8 Å². The first-order valence-corrected chi connectivity index (χ1v) is 20.3. The quantitative estimate of drug-likeness (QED) is 0.122. The Labute approximate surface area is 318 Å². The molecule has 0 radical (unpaired) electrons. The largest absolute Gasteiger partial charge is 0.870 e. The van der Waals surface area contributed by atoms with Crippen molar-refractivity contribution in [1.82, 2.24) is 4.90 Å². The fourth-order valence-corrected chi connectivity index (χ4v) is 7.59. The van der Waals surface area contributed by atoms with Gasteiger partial charge in [0.15, 0.2) is 23.9 Å². The second-order valence-corrected chi connectivity index (χ2v) is 16.5. The van der Waals surface area contributed by atoms with Crippen LogP contribution in [0.5, 0.6) is 17.2 Å². The monoisotopic (exact) mass is 799 g/mol. The molecule has 2 heterocycles. The summed E-state index contributed by atoms with van der Waals surface area (Å²) in [5, 5.41) is 0.615. The van der Waals surface area contributed by atoms with Crippen LogP contribution in [0.2, 0.25) is 10.0 Å². The lowest BCUT2D eigenvalue weighted by Crippen LogP contribution is -2.40. The van der Waals surface area contributed by atoms with Gasteiger partial charge in [-0.15, -0.1) is 0 Å². The summed E-state index contributed by atoms with van der Waals surface area (Å²) in [6.07, 6.45) is 10.6. The Balaban J connectivity index is 0.00000541. The van der Waals surface area contributed by atoms with Crippen molar-refractivity contribution in [2.75, 3.05) is 50.0 Å². The Kier molecular flexibility index (Phi) is 14.0. The number of aromatic amines is 1. The lowest BCUT2D eigenvalue weighted by atomic mass is 10.0. The summed E-state index contributed by atoms with van der Waals surface area (Å²) in [7, 11) is -3.70. The maximum Gasteiger partial charge on any atom is 0.387 e. The number of piperidine rings is 1. The van der Waals surface area contributed by atoms with Crippen LogP contribution in [0.25, 0.3) is 0 Å². The average Bonchev–Trinajstić information content (AvgIpc) is 4.04. The molecule has 290 valence electrons. The molecule has 1 atom stereocenters. The molecule has 3 aliphatic rings. The number of pyridine rings is 1. The van der Waals surface area contributed by atoms with Crippen molar-refractivity contribution in [2.45, 2.75) is 64.1 Å². The average molecular weight is 801 g/mol. The fourth-order valence-electron chi connectivity index (χ4n) is 6.14. The van der Waals surface area contributed by atoms with Gasteiger partial charge in [0.2, 0.25) is 10.0 Å². The van der Waals surface area contributed by atoms with Gasteiger partial charge in [0.05, 0.1) is 30.7 Å². The number of benzene rings is 2. The van der Waals surface area contributed by atoms with Crippen LogP contribution in [0.4, 0.5) is 14.5 Å². The minimum atomic E-state index is -3.70. The number of aromatic nitrogens is 1. The van der Waals surface area contributed by atoms with Gasteiger partial charge in [-0.05, 0) is 99.3 Å². The lowest BCUT2D eigenvalue weighted by molar-refractivity contribution is -0.377. The van der Waals surface area contributed by atoms with E-state index >= 15 is 0 Å². The molecule has 2 N–H and O–H groups in total. The molecule has 3 aromatic rings. The Morgan fingerprint density at radius 3 is 2.17 bits per heavy atom. The highest BCUT2D eigenvalue weighted by atomic mass is 35.5. The summed E-state index contributed by atoms with van der Waals surface area (Å²) in [6, 6.07) is 9.00. The van der Waals surface area contributed by atoms with Crippen LogP contribution in [-0.2, 0) is 21.2 Å². The number of ether oxygens (including phenoxy) is 4. The number of hydrogen-bond donors (Lipinski definition) is 0. The third kappa shape index (κ3) is 11.5. The zero-order chi connectivity index (χ0) is 36.8. The van der Waals surface area contributed by atoms with Crippen LogP contribution in [-0.4, -0.2) is 77.0 Å². The minimum Gasteiger partial charge on any atom is -0.870 e. The number of rotatable bonds is 18. The van der Waals surface area contributed by atoms with Crippen molar-refractivity contribution in [1.29, 1.82) is 0 Å². The first-order chi connectivity index (χ1) is 24.9. The van der Waals surface area contributed by atoms with Gasteiger partial charge in [0, 0.05) is 25.1 Å². The number of sulfonamides is 1. The molecular formula is C37H45Cl2F2N3O8S. The molecule has 53 heavy (non-hydrogen) atoms. The summed E-state index contributed by atoms with van der Waals surface area (Å²) in [4.78, 5) is 19.1. The van der Waals surface area contributed by atoms with Gasteiger partial charge in [-0.2, -0.15) is 8.78 Å². The van der Waals surface area contributed by atoms with Crippen molar-refractivity contribution in [3.05, 3.63) is 75.5 Å². The first-order valence-electron chi connectivity index (χ1n) is 17.7. The van der Waals surface area contributed by atoms with Gasteiger partial charge >= 0.3 is 12.6 Å². The van der Waals surface area contributed by atoms with E-state index in [2.05, 4.69) is 9.88 Å². The number of carbonyl (C=O) groups is 1. The van der Waals surface area contributed by atoms with E-state index in [-0.39, 0.29) is 41.3 Å². The van der Waals surface area contributed by atoms with E-state index in [9.17, 15) is 22.0 Å². The molecule has 1 aromatic heterocycles. The number of H-pyrrole nitrogens is 1. The van der Waals surface area contributed by atoms with Crippen molar-refractivity contribution in [2.24, 2.45) is 11.8 Å². The molecule has 1 aliphatic heterocycles. The smallest absolute Gasteiger partial charge is 0.387 e. The van der Waals surface area contributed by atoms with Crippen molar-refractivity contribution in [3.63, 3.8) is 0 Å². The number of esters is 1. The van der Waals surface area contributed by atoms with E-state index < -0.39 is 28.7 Å². The van der Waals surface area contributed by atoms with Crippen LogP contribution in [0.15, 0.2) is 48.8 Å². The Morgan fingerprint density at radius 2 is 1.57 bits per heavy atom. The molecule has 0 amide bonds. The first kappa shape index (κ1) is 40.7. The summed E-state index contributed by atoms with van der Waals surface area (Å²) >= 11 is 13.0. The Bertz CT molecular complexity index is 1810. The molecule has 2 aliphatic carbocycles. The van der Waals surface area contributed by atoms with E-state index in [1.54, 1.807) is 18.5 Å².